The number of Topliss-reactive ketones (excluding diaryl/α,β-unsaturated/α-hetero) is 1. The third-order valence-corrected chi connectivity index (χ3v) is 4.09. The average Bonchev–Trinajstić information content (AvgIpc) is 2.95. The predicted molar refractivity (Wildman–Crippen MR) is 96.4 cm³/mol. The van der Waals surface area contributed by atoms with Crippen molar-refractivity contribution >= 4 is 29.3 Å². The van der Waals surface area contributed by atoms with Gasteiger partial charge in [-0.05, 0) is 36.1 Å². The molecule has 0 amide bonds. The third-order valence-electron chi connectivity index (χ3n) is 4.09. The summed E-state index contributed by atoms with van der Waals surface area (Å²) in [6, 6.07) is 12.2. The number of hydrogen-bond acceptors (Lipinski definition) is 5. The van der Waals surface area contributed by atoms with Crippen molar-refractivity contribution in [2.24, 2.45) is 0 Å². The lowest BCUT2D eigenvalue weighted by molar-refractivity contribution is -0.385. The highest BCUT2D eigenvalue weighted by Crippen LogP contribution is 2.30. The zero-order valence-electron chi connectivity index (χ0n) is 13.6. The van der Waals surface area contributed by atoms with Crippen LogP contribution in [0.3, 0.4) is 0 Å². The first kappa shape index (κ1) is 17.2. The first-order chi connectivity index (χ1) is 12.4. The first-order valence-electron chi connectivity index (χ1n) is 7.89. The number of non-ortho nitro benzene ring substituents is 2. The number of carbonyl (C=O) groups is 1. The molecule has 0 atom stereocenters. The maximum atomic E-state index is 12.5. The summed E-state index contributed by atoms with van der Waals surface area (Å²) in [4.78, 5) is 33.3. The lowest BCUT2D eigenvalue weighted by atomic mass is 10.1. The van der Waals surface area contributed by atoms with Crippen molar-refractivity contribution in [3.8, 4) is 0 Å². The van der Waals surface area contributed by atoms with Crippen LogP contribution in [0.5, 0.6) is 0 Å². The van der Waals surface area contributed by atoms with Gasteiger partial charge in [0, 0.05) is 35.4 Å². The summed E-state index contributed by atoms with van der Waals surface area (Å²) in [6.45, 7) is 0. The topological polar surface area (TPSA) is 103 Å². The molecule has 0 saturated heterocycles. The largest absolute Gasteiger partial charge is 0.289 e. The molecule has 0 unspecified atom stereocenters. The fourth-order valence-corrected chi connectivity index (χ4v) is 2.84. The number of nitrogens with zero attached hydrogens (tertiary/aromatic N) is 2. The van der Waals surface area contributed by atoms with Gasteiger partial charge in [0.2, 0.25) is 0 Å². The van der Waals surface area contributed by atoms with E-state index in [1.54, 1.807) is 36.4 Å². The molecule has 0 aromatic heterocycles. The van der Waals surface area contributed by atoms with E-state index < -0.39 is 9.85 Å². The molecule has 0 heterocycles. The Morgan fingerprint density at radius 3 is 1.58 bits per heavy atom. The second-order valence-corrected chi connectivity index (χ2v) is 5.87. The van der Waals surface area contributed by atoms with Crippen LogP contribution in [0.1, 0.15) is 24.0 Å². The Morgan fingerprint density at radius 2 is 1.19 bits per heavy atom. The number of allylic oxidation sites excluding steroid dienone is 2. The molecular weight excluding hydrogens is 336 g/mol. The van der Waals surface area contributed by atoms with Crippen molar-refractivity contribution < 1.29 is 14.6 Å². The molecule has 1 aliphatic rings. The maximum absolute atomic E-state index is 12.5. The van der Waals surface area contributed by atoms with E-state index >= 15 is 0 Å². The molecule has 26 heavy (non-hydrogen) atoms. The molecular formula is C19H14N2O5. The summed E-state index contributed by atoms with van der Waals surface area (Å²) in [5.41, 5.74) is 2.27. The van der Waals surface area contributed by atoms with Gasteiger partial charge in [-0.15, -0.1) is 0 Å². The predicted octanol–water partition coefficient (Wildman–Crippen LogP) is 4.33. The van der Waals surface area contributed by atoms with E-state index in [1.807, 2.05) is 0 Å². The van der Waals surface area contributed by atoms with Crippen LogP contribution in [-0.4, -0.2) is 15.6 Å². The molecule has 0 radical (unpaired) electrons. The summed E-state index contributed by atoms with van der Waals surface area (Å²) in [6.07, 6.45) is 4.37. The Labute approximate surface area is 148 Å². The minimum atomic E-state index is -0.480. The second kappa shape index (κ2) is 7.10. The van der Waals surface area contributed by atoms with E-state index in [9.17, 15) is 25.0 Å². The second-order valence-electron chi connectivity index (χ2n) is 5.87. The minimum Gasteiger partial charge on any atom is -0.289 e. The Morgan fingerprint density at radius 1 is 0.769 bits per heavy atom. The van der Waals surface area contributed by atoms with Gasteiger partial charge >= 0.3 is 0 Å². The zero-order valence-corrected chi connectivity index (χ0v) is 13.6. The molecule has 7 heteroatoms. The Kier molecular flexibility index (Phi) is 4.70. The summed E-state index contributed by atoms with van der Waals surface area (Å²) < 4.78 is 0. The smallest absolute Gasteiger partial charge is 0.270 e. The molecule has 1 saturated carbocycles. The van der Waals surface area contributed by atoms with Gasteiger partial charge in [-0.3, -0.25) is 25.0 Å². The number of carbonyl (C=O) groups excluding carboxylic acids is 1. The monoisotopic (exact) mass is 350 g/mol. The van der Waals surface area contributed by atoms with Crippen LogP contribution in [0.2, 0.25) is 0 Å². The van der Waals surface area contributed by atoms with Crippen LogP contribution in [0.25, 0.3) is 12.2 Å². The van der Waals surface area contributed by atoms with Gasteiger partial charge in [-0.1, -0.05) is 24.3 Å². The molecule has 7 nitrogen and oxygen atoms in total. The van der Waals surface area contributed by atoms with E-state index in [0.29, 0.717) is 35.1 Å². The molecule has 0 spiro atoms. The van der Waals surface area contributed by atoms with Gasteiger partial charge in [0.25, 0.3) is 11.4 Å². The van der Waals surface area contributed by atoms with Crippen LogP contribution in [0.15, 0.2) is 59.7 Å². The van der Waals surface area contributed by atoms with Crippen molar-refractivity contribution in [1.82, 2.24) is 0 Å². The van der Waals surface area contributed by atoms with Gasteiger partial charge in [0.05, 0.1) is 9.85 Å². The van der Waals surface area contributed by atoms with Crippen molar-refractivity contribution in [3.05, 3.63) is 91.0 Å². The quantitative estimate of drug-likeness (QED) is 0.464. The maximum Gasteiger partial charge on any atom is 0.270 e. The lowest BCUT2D eigenvalue weighted by Crippen LogP contribution is -1.96. The number of benzene rings is 2. The van der Waals surface area contributed by atoms with E-state index in [1.165, 1.54) is 24.3 Å². The van der Waals surface area contributed by atoms with Crippen LogP contribution >= 0.6 is 0 Å². The fourth-order valence-electron chi connectivity index (χ4n) is 2.84. The summed E-state index contributed by atoms with van der Waals surface area (Å²) in [5.74, 6) is -0.136. The Bertz CT molecular complexity index is 898. The van der Waals surface area contributed by atoms with E-state index in [-0.39, 0.29) is 17.2 Å². The number of nitro benzene ring substituents is 2. The van der Waals surface area contributed by atoms with Crippen LogP contribution in [-0.2, 0) is 4.79 Å². The zero-order chi connectivity index (χ0) is 18.7. The number of hydrogen-bond donors (Lipinski definition) is 0. The molecule has 1 fully saturated rings. The van der Waals surface area contributed by atoms with Gasteiger partial charge in [-0.2, -0.15) is 0 Å². The fraction of sp³-hybridized carbons (Fsp3) is 0.105. The van der Waals surface area contributed by atoms with Crippen molar-refractivity contribution in [1.29, 1.82) is 0 Å². The molecule has 0 aliphatic heterocycles. The van der Waals surface area contributed by atoms with Crippen LogP contribution < -0.4 is 0 Å². The van der Waals surface area contributed by atoms with Gasteiger partial charge < -0.3 is 0 Å². The normalized spacial score (nSPS) is 17.0. The summed E-state index contributed by atoms with van der Waals surface area (Å²) in [5, 5.41) is 21.7. The molecule has 1 aliphatic carbocycles. The van der Waals surface area contributed by atoms with Crippen molar-refractivity contribution in [3.63, 3.8) is 0 Å². The third kappa shape index (κ3) is 3.72. The number of ketones is 1. The first-order valence-corrected chi connectivity index (χ1v) is 7.89. The number of nitro groups is 2. The average molecular weight is 350 g/mol. The van der Waals surface area contributed by atoms with E-state index in [2.05, 4.69) is 0 Å². The Balaban J connectivity index is 1.86. The number of rotatable bonds is 4. The molecule has 2 aromatic rings. The van der Waals surface area contributed by atoms with Crippen molar-refractivity contribution in [2.75, 3.05) is 0 Å². The van der Waals surface area contributed by atoms with Crippen LogP contribution in [0, 0.1) is 20.2 Å². The SMILES string of the molecule is O=C1C(=Cc2cccc([N+](=O)[O-])c2)CCC1=Cc1cccc([N+](=O)[O-])c1. The summed E-state index contributed by atoms with van der Waals surface area (Å²) in [7, 11) is 0. The van der Waals surface area contributed by atoms with Gasteiger partial charge in [0.1, 0.15) is 0 Å². The molecule has 0 bridgehead atoms. The highest BCUT2D eigenvalue weighted by atomic mass is 16.6. The van der Waals surface area contributed by atoms with Gasteiger partial charge in [0.15, 0.2) is 5.78 Å². The highest BCUT2D eigenvalue weighted by molar-refractivity contribution is 6.15. The Hall–Kier alpha value is -3.61. The van der Waals surface area contributed by atoms with Crippen molar-refractivity contribution in [2.45, 2.75) is 12.8 Å². The van der Waals surface area contributed by atoms with E-state index in [4.69, 9.17) is 0 Å². The molecule has 130 valence electrons. The van der Waals surface area contributed by atoms with Crippen LogP contribution in [0.4, 0.5) is 11.4 Å². The van der Waals surface area contributed by atoms with Gasteiger partial charge in [-0.25, -0.2) is 0 Å². The molecule has 3 rings (SSSR count). The molecule has 0 N–H and O–H groups in total. The minimum absolute atomic E-state index is 0.0304. The standard InChI is InChI=1S/C19H14N2O5/c22-19-15(9-13-3-1-5-17(11-13)20(23)24)7-8-16(19)10-14-4-2-6-18(12-14)21(25)26/h1-6,9-12H,7-8H2. The summed E-state index contributed by atoms with van der Waals surface area (Å²) >= 11 is 0. The lowest BCUT2D eigenvalue weighted by Gasteiger charge is -1.99. The highest BCUT2D eigenvalue weighted by Gasteiger charge is 2.23. The van der Waals surface area contributed by atoms with E-state index in [0.717, 1.165) is 0 Å². The molecule has 2 aromatic carbocycles.